The van der Waals surface area contributed by atoms with Gasteiger partial charge in [-0.05, 0) is 164 Å². The minimum Gasteiger partial charge on any atom is -0.487 e. The molecule has 0 amide bonds. The number of halogens is 2. The van der Waals surface area contributed by atoms with Crippen LogP contribution in [0.2, 0.25) is 0 Å². The van der Waals surface area contributed by atoms with Gasteiger partial charge in [-0.15, -0.1) is 0 Å². The molecule has 0 bridgehead atoms. The number of rotatable bonds is 19. The van der Waals surface area contributed by atoms with Crippen molar-refractivity contribution in [3.8, 4) is 23.0 Å². The molecule has 0 fully saturated rings. The second kappa shape index (κ2) is 18.9. The zero-order valence-corrected chi connectivity index (χ0v) is 34.7. The number of hydrogen-bond donors (Lipinski definition) is 0. The van der Waals surface area contributed by atoms with Gasteiger partial charge in [0.1, 0.15) is 11.6 Å². The summed E-state index contributed by atoms with van der Waals surface area (Å²) in [6, 6.07) is 23.9. The number of aryl methyl sites for hydroxylation is 2. The Kier molecular flexibility index (Phi) is 14.0. The molecule has 0 radical (unpaired) electrons. The smallest absolute Gasteiger partial charge is 0.161 e. The summed E-state index contributed by atoms with van der Waals surface area (Å²) in [5.74, 6) is 2.79. The maximum Gasteiger partial charge on any atom is 0.161 e. The van der Waals surface area contributed by atoms with Gasteiger partial charge >= 0.3 is 0 Å². The third kappa shape index (κ3) is 11.0. The first-order valence-electron chi connectivity index (χ1n) is 20.7. The standard InChI is InChI=1S/C48H62F2N2O4/c1-31(2)53-45-22-18-38(16-12-33(5)51-27-39-20-21-42(49)26-41(39)29-51)25-48(45)56-36(8)15-14-35(7)55-46-23-19-37(24-47(46)54-32(3)4)17-13-34(6)52-28-40-10-9-11-44(50)43(40)30-52/h9-11,18-26,31-36H,12-17,27-30H2,1-8H3/t33-,34-,35?,36?/m1/s1. The van der Waals surface area contributed by atoms with Crippen LogP contribution in [-0.4, -0.2) is 46.3 Å². The molecule has 4 aromatic rings. The van der Waals surface area contributed by atoms with Crippen molar-refractivity contribution in [2.75, 3.05) is 0 Å². The molecule has 2 aliphatic rings. The van der Waals surface area contributed by atoms with Crippen molar-refractivity contribution in [1.29, 1.82) is 0 Å². The summed E-state index contributed by atoms with van der Waals surface area (Å²) in [5, 5.41) is 0. The highest BCUT2D eigenvalue weighted by Gasteiger charge is 2.26. The van der Waals surface area contributed by atoms with Crippen molar-refractivity contribution in [2.45, 2.75) is 157 Å². The molecule has 6 nitrogen and oxygen atoms in total. The number of hydrogen-bond acceptors (Lipinski definition) is 6. The lowest BCUT2D eigenvalue weighted by Gasteiger charge is -2.25. The predicted octanol–water partition coefficient (Wildman–Crippen LogP) is 11.2. The molecular formula is C48H62F2N2O4. The van der Waals surface area contributed by atoms with E-state index in [9.17, 15) is 8.78 Å². The van der Waals surface area contributed by atoms with Gasteiger partial charge in [0.2, 0.25) is 0 Å². The highest BCUT2D eigenvalue weighted by Crippen LogP contribution is 2.35. The van der Waals surface area contributed by atoms with E-state index in [1.807, 2.05) is 52.0 Å². The monoisotopic (exact) mass is 768 g/mol. The Balaban J connectivity index is 1.00. The Morgan fingerprint density at radius 2 is 1.02 bits per heavy atom. The molecule has 2 unspecified atom stereocenters. The Labute approximate surface area is 334 Å². The van der Waals surface area contributed by atoms with E-state index in [1.54, 1.807) is 24.3 Å². The Hall–Kier alpha value is -4.14. The van der Waals surface area contributed by atoms with Gasteiger partial charge in [-0.2, -0.15) is 0 Å². The van der Waals surface area contributed by atoms with Crippen molar-refractivity contribution >= 4 is 0 Å². The topological polar surface area (TPSA) is 43.4 Å². The Morgan fingerprint density at radius 1 is 0.500 bits per heavy atom. The first kappa shape index (κ1) is 41.5. The summed E-state index contributed by atoms with van der Waals surface area (Å²) in [6.45, 7) is 19.9. The van der Waals surface area contributed by atoms with Crippen LogP contribution < -0.4 is 18.9 Å². The number of benzene rings is 4. The molecule has 0 N–H and O–H groups in total. The summed E-state index contributed by atoms with van der Waals surface area (Å²) in [6.07, 6.45) is 5.31. The van der Waals surface area contributed by atoms with E-state index < -0.39 is 0 Å². The minimum atomic E-state index is -0.163. The molecule has 0 saturated carbocycles. The SMILES string of the molecule is CC(C)Oc1cc(CC[C@@H](C)N2Cc3cccc(F)c3C2)ccc1OC(C)CCC(C)Oc1cc(CC[C@@H](C)N2Cc3ccc(F)cc3C2)ccc1OC(C)C. The second-order valence-corrected chi connectivity index (χ2v) is 16.7. The van der Waals surface area contributed by atoms with E-state index in [1.165, 1.54) is 16.7 Å². The molecule has 0 spiro atoms. The largest absolute Gasteiger partial charge is 0.487 e. The number of fused-ring (bicyclic) bond motifs is 2. The van der Waals surface area contributed by atoms with Gasteiger partial charge in [-0.1, -0.05) is 30.3 Å². The highest BCUT2D eigenvalue weighted by molar-refractivity contribution is 5.44. The molecule has 0 aromatic heterocycles. The summed E-state index contributed by atoms with van der Waals surface area (Å²) in [4.78, 5) is 4.79. The van der Waals surface area contributed by atoms with E-state index in [0.717, 1.165) is 97.8 Å². The van der Waals surface area contributed by atoms with Crippen LogP contribution in [0.1, 0.15) is 114 Å². The quantitative estimate of drug-likeness (QED) is 0.0946. The van der Waals surface area contributed by atoms with Gasteiger partial charge < -0.3 is 18.9 Å². The normalized spacial score (nSPS) is 16.4. The first-order chi connectivity index (χ1) is 26.8. The molecule has 4 aromatic carbocycles. The summed E-state index contributed by atoms with van der Waals surface area (Å²) >= 11 is 0. The van der Waals surface area contributed by atoms with E-state index in [4.69, 9.17) is 18.9 Å². The average Bonchev–Trinajstić information content (AvgIpc) is 3.79. The van der Waals surface area contributed by atoms with E-state index in [0.29, 0.717) is 18.6 Å². The molecule has 6 rings (SSSR count). The van der Waals surface area contributed by atoms with Gasteiger partial charge in [0, 0.05) is 43.8 Å². The molecule has 0 aliphatic carbocycles. The fourth-order valence-corrected chi connectivity index (χ4v) is 7.86. The van der Waals surface area contributed by atoms with Crippen molar-refractivity contribution in [2.24, 2.45) is 0 Å². The van der Waals surface area contributed by atoms with E-state index >= 15 is 0 Å². The average molecular weight is 769 g/mol. The first-order valence-corrected chi connectivity index (χ1v) is 20.7. The predicted molar refractivity (Wildman–Crippen MR) is 221 cm³/mol. The maximum absolute atomic E-state index is 14.3. The van der Waals surface area contributed by atoms with Crippen molar-refractivity contribution in [3.05, 3.63) is 118 Å². The highest BCUT2D eigenvalue weighted by atomic mass is 19.1. The van der Waals surface area contributed by atoms with Gasteiger partial charge in [0.25, 0.3) is 0 Å². The minimum absolute atomic E-state index is 0.0118. The van der Waals surface area contributed by atoms with Crippen molar-refractivity contribution in [1.82, 2.24) is 9.80 Å². The molecule has 2 heterocycles. The molecular weight excluding hydrogens is 707 g/mol. The Bertz CT molecular complexity index is 1910. The summed E-state index contributed by atoms with van der Waals surface area (Å²) in [5.41, 5.74) is 6.67. The van der Waals surface area contributed by atoms with Crippen LogP contribution in [-0.2, 0) is 39.0 Å². The van der Waals surface area contributed by atoms with Gasteiger partial charge in [-0.3, -0.25) is 9.80 Å². The van der Waals surface area contributed by atoms with Crippen LogP contribution in [0.4, 0.5) is 8.78 Å². The molecule has 302 valence electrons. The summed E-state index contributed by atoms with van der Waals surface area (Å²) < 4.78 is 53.6. The zero-order chi connectivity index (χ0) is 39.9. The van der Waals surface area contributed by atoms with Crippen LogP contribution >= 0.6 is 0 Å². The zero-order valence-electron chi connectivity index (χ0n) is 34.7. The van der Waals surface area contributed by atoms with E-state index in [-0.39, 0.29) is 36.1 Å². The van der Waals surface area contributed by atoms with Crippen LogP contribution in [0.15, 0.2) is 72.8 Å². The number of ether oxygens (including phenoxy) is 4. The third-order valence-electron chi connectivity index (χ3n) is 11.2. The Morgan fingerprint density at radius 3 is 1.62 bits per heavy atom. The second-order valence-electron chi connectivity index (χ2n) is 16.7. The van der Waals surface area contributed by atoms with Crippen LogP contribution in [0.25, 0.3) is 0 Å². The van der Waals surface area contributed by atoms with Crippen molar-refractivity contribution < 1.29 is 27.7 Å². The van der Waals surface area contributed by atoms with Crippen LogP contribution in [0.5, 0.6) is 23.0 Å². The summed E-state index contributed by atoms with van der Waals surface area (Å²) in [7, 11) is 0. The molecule has 56 heavy (non-hydrogen) atoms. The molecule has 0 saturated heterocycles. The van der Waals surface area contributed by atoms with Crippen LogP contribution in [0.3, 0.4) is 0 Å². The maximum atomic E-state index is 14.3. The van der Waals surface area contributed by atoms with Crippen LogP contribution in [0, 0.1) is 11.6 Å². The van der Waals surface area contributed by atoms with Gasteiger partial charge in [0.05, 0.1) is 24.4 Å². The molecule has 2 aliphatic heterocycles. The lowest BCUT2D eigenvalue weighted by molar-refractivity contribution is 0.145. The van der Waals surface area contributed by atoms with Gasteiger partial charge in [0.15, 0.2) is 23.0 Å². The third-order valence-corrected chi connectivity index (χ3v) is 11.2. The van der Waals surface area contributed by atoms with Gasteiger partial charge in [-0.25, -0.2) is 8.78 Å². The van der Waals surface area contributed by atoms with Crippen molar-refractivity contribution in [3.63, 3.8) is 0 Å². The fourth-order valence-electron chi connectivity index (χ4n) is 7.86. The molecule has 4 atom stereocenters. The fraction of sp³-hybridized carbons (Fsp3) is 0.500. The number of nitrogens with zero attached hydrogens (tertiary/aromatic N) is 2. The lowest BCUT2D eigenvalue weighted by Crippen LogP contribution is -2.28. The lowest BCUT2D eigenvalue weighted by atomic mass is 10.0. The molecule has 8 heteroatoms. The van der Waals surface area contributed by atoms with E-state index in [2.05, 4.69) is 61.8 Å².